The molecule has 1 aromatic heterocycles. The largest absolute Gasteiger partial charge is 0.423 e. The van der Waals surface area contributed by atoms with E-state index in [0.717, 1.165) is 31.9 Å². The fourth-order valence-corrected chi connectivity index (χ4v) is 2.08. The molecule has 5 nitrogen and oxygen atoms in total. The van der Waals surface area contributed by atoms with Gasteiger partial charge in [0.1, 0.15) is 0 Å². The second-order valence-corrected chi connectivity index (χ2v) is 4.63. The standard InChI is InChI=1S/C12H21N3O2/c1-4-6-13-8(2)11-14-15-12(17-11)10-5-7-16-9(10)3/h8-10,13H,4-7H2,1-3H3. The lowest BCUT2D eigenvalue weighted by atomic mass is 10.0. The molecule has 1 aliphatic rings. The van der Waals surface area contributed by atoms with E-state index in [-0.39, 0.29) is 18.1 Å². The number of aromatic nitrogens is 2. The molecule has 0 spiro atoms. The molecule has 0 radical (unpaired) electrons. The Hall–Kier alpha value is -0.940. The maximum Gasteiger partial charge on any atom is 0.233 e. The zero-order valence-electron chi connectivity index (χ0n) is 10.8. The lowest BCUT2D eigenvalue weighted by Gasteiger charge is -2.10. The SMILES string of the molecule is CCCNC(C)c1nnc(C2CCOC2C)o1. The van der Waals surface area contributed by atoms with Crippen molar-refractivity contribution in [1.29, 1.82) is 0 Å². The molecule has 0 bridgehead atoms. The van der Waals surface area contributed by atoms with E-state index in [1.54, 1.807) is 0 Å². The monoisotopic (exact) mass is 239 g/mol. The molecular formula is C12H21N3O2. The Morgan fingerprint density at radius 3 is 2.94 bits per heavy atom. The van der Waals surface area contributed by atoms with Gasteiger partial charge in [-0.05, 0) is 33.2 Å². The summed E-state index contributed by atoms with van der Waals surface area (Å²) in [7, 11) is 0. The Morgan fingerprint density at radius 2 is 2.29 bits per heavy atom. The van der Waals surface area contributed by atoms with E-state index < -0.39 is 0 Å². The Bertz CT molecular complexity index is 353. The summed E-state index contributed by atoms with van der Waals surface area (Å²) in [5, 5.41) is 11.6. The Kier molecular flexibility index (Phi) is 4.12. The van der Waals surface area contributed by atoms with E-state index in [0.29, 0.717) is 5.89 Å². The van der Waals surface area contributed by atoms with Crippen LogP contribution in [-0.2, 0) is 4.74 Å². The first-order chi connectivity index (χ1) is 8.22. The van der Waals surface area contributed by atoms with Gasteiger partial charge < -0.3 is 14.5 Å². The minimum atomic E-state index is 0.119. The van der Waals surface area contributed by atoms with Crippen LogP contribution in [0.15, 0.2) is 4.42 Å². The van der Waals surface area contributed by atoms with Gasteiger partial charge in [-0.2, -0.15) is 0 Å². The van der Waals surface area contributed by atoms with Gasteiger partial charge in [0.05, 0.1) is 18.1 Å². The van der Waals surface area contributed by atoms with Crippen molar-refractivity contribution in [2.24, 2.45) is 0 Å². The highest BCUT2D eigenvalue weighted by Gasteiger charge is 2.30. The van der Waals surface area contributed by atoms with Gasteiger partial charge in [-0.1, -0.05) is 6.92 Å². The summed E-state index contributed by atoms with van der Waals surface area (Å²) < 4.78 is 11.2. The second kappa shape index (κ2) is 5.60. The molecule has 1 fully saturated rings. The molecule has 0 aromatic carbocycles. The lowest BCUT2D eigenvalue weighted by molar-refractivity contribution is 0.114. The van der Waals surface area contributed by atoms with E-state index in [2.05, 4.69) is 29.4 Å². The van der Waals surface area contributed by atoms with Crippen LogP contribution >= 0.6 is 0 Å². The maximum atomic E-state index is 5.73. The summed E-state index contributed by atoms with van der Waals surface area (Å²) in [6.07, 6.45) is 2.25. The van der Waals surface area contributed by atoms with Crippen LogP contribution in [0.2, 0.25) is 0 Å². The van der Waals surface area contributed by atoms with Crippen molar-refractivity contribution in [1.82, 2.24) is 15.5 Å². The molecule has 96 valence electrons. The number of ether oxygens (including phenoxy) is 1. The van der Waals surface area contributed by atoms with Crippen LogP contribution in [0, 0.1) is 0 Å². The molecule has 3 atom stereocenters. The van der Waals surface area contributed by atoms with Crippen LogP contribution in [0.5, 0.6) is 0 Å². The van der Waals surface area contributed by atoms with Crippen LogP contribution in [0.3, 0.4) is 0 Å². The topological polar surface area (TPSA) is 60.2 Å². The number of rotatable bonds is 5. The van der Waals surface area contributed by atoms with Gasteiger partial charge in [0, 0.05) is 6.61 Å². The Balaban J connectivity index is 2.00. The summed E-state index contributed by atoms with van der Waals surface area (Å²) >= 11 is 0. The first-order valence-corrected chi connectivity index (χ1v) is 6.40. The van der Waals surface area contributed by atoms with Crippen molar-refractivity contribution < 1.29 is 9.15 Å². The molecule has 0 saturated carbocycles. The van der Waals surface area contributed by atoms with Gasteiger partial charge >= 0.3 is 0 Å². The Labute approximate surface area is 102 Å². The average molecular weight is 239 g/mol. The number of hydrogen-bond donors (Lipinski definition) is 1. The van der Waals surface area contributed by atoms with Crippen molar-refractivity contribution in [2.75, 3.05) is 13.2 Å². The zero-order valence-corrected chi connectivity index (χ0v) is 10.8. The highest BCUT2D eigenvalue weighted by atomic mass is 16.5. The van der Waals surface area contributed by atoms with Gasteiger partial charge in [0.2, 0.25) is 11.8 Å². The summed E-state index contributed by atoms with van der Waals surface area (Å²) in [6, 6.07) is 0.119. The Morgan fingerprint density at radius 1 is 1.47 bits per heavy atom. The maximum absolute atomic E-state index is 5.73. The predicted molar refractivity (Wildman–Crippen MR) is 63.8 cm³/mol. The van der Waals surface area contributed by atoms with Crippen molar-refractivity contribution >= 4 is 0 Å². The van der Waals surface area contributed by atoms with E-state index in [1.165, 1.54) is 0 Å². The lowest BCUT2D eigenvalue weighted by Crippen LogP contribution is -2.19. The molecule has 0 aliphatic carbocycles. The van der Waals surface area contributed by atoms with Gasteiger partial charge in [0.15, 0.2) is 0 Å². The fraction of sp³-hybridized carbons (Fsp3) is 0.833. The molecule has 2 heterocycles. The van der Waals surface area contributed by atoms with Crippen molar-refractivity contribution in [3.63, 3.8) is 0 Å². The molecule has 0 amide bonds. The van der Waals surface area contributed by atoms with Gasteiger partial charge in [-0.3, -0.25) is 0 Å². The number of hydrogen-bond acceptors (Lipinski definition) is 5. The zero-order chi connectivity index (χ0) is 12.3. The molecule has 1 aromatic rings. The molecule has 2 rings (SSSR count). The van der Waals surface area contributed by atoms with Crippen LogP contribution < -0.4 is 5.32 Å². The molecule has 3 unspecified atom stereocenters. The molecule has 17 heavy (non-hydrogen) atoms. The first kappa shape index (κ1) is 12.5. The average Bonchev–Trinajstić information content (AvgIpc) is 2.93. The van der Waals surface area contributed by atoms with Crippen LogP contribution in [0.25, 0.3) is 0 Å². The summed E-state index contributed by atoms with van der Waals surface area (Å²) in [6.45, 7) is 7.98. The summed E-state index contributed by atoms with van der Waals surface area (Å²) in [5.74, 6) is 1.65. The van der Waals surface area contributed by atoms with E-state index in [9.17, 15) is 0 Å². The summed E-state index contributed by atoms with van der Waals surface area (Å²) in [4.78, 5) is 0. The molecule has 1 aliphatic heterocycles. The first-order valence-electron chi connectivity index (χ1n) is 6.40. The number of nitrogens with zero attached hydrogens (tertiary/aromatic N) is 2. The molecule has 5 heteroatoms. The molecular weight excluding hydrogens is 218 g/mol. The quantitative estimate of drug-likeness (QED) is 0.851. The van der Waals surface area contributed by atoms with E-state index >= 15 is 0 Å². The van der Waals surface area contributed by atoms with Crippen molar-refractivity contribution in [2.45, 2.75) is 51.7 Å². The third kappa shape index (κ3) is 2.84. The highest BCUT2D eigenvalue weighted by Crippen LogP contribution is 2.30. The minimum Gasteiger partial charge on any atom is -0.423 e. The predicted octanol–water partition coefficient (Wildman–Crippen LogP) is 2.02. The van der Waals surface area contributed by atoms with Crippen molar-refractivity contribution in [3.8, 4) is 0 Å². The van der Waals surface area contributed by atoms with Crippen molar-refractivity contribution in [3.05, 3.63) is 11.8 Å². The van der Waals surface area contributed by atoms with Gasteiger partial charge in [-0.25, -0.2) is 0 Å². The van der Waals surface area contributed by atoms with E-state index in [1.807, 2.05) is 6.92 Å². The van der Waals surface area contributed by atoms with Gasteiger partial charge in [0.25, 0.3) is 0 Å². The summed E-state index contributed by atoms with van der Waals surface area (Å²) in [5.41, 5.74) is 0. The van der Waals surface area contributed by atoms with E-state index in [4.69, 9.17) is 9.15 Å². The third-order valence-corrected chi connectivity index (χ3v) is 3.22. The smallest absolute Gasteiger partial charge is 0.233 e. The third-order valence-electron chi connectivity index (χ3n) is 3.22. The fourth-order valence-electron chi connectivity index (χ4n) is 2.08. The minimum absolute atomic E-state index is 0.119. The van der Waals surface area contributed by atoms with Crippen LogP contribution in [-0.4, -0.2) is 29.5 Å². The number of nitrogens with one attached hydrogen (secondary N) is 1. The molecule has 1 saturated heterocycles. The normalized spacial score (nSPS) is 26.3. The highest BCUT2D eigenvalue weighted by molar-refractivity contribution is 4.98. The van der Waals surface area contributed by atoms with Gasteiger partial charge in [-0.15, -0.1) is 10.2 Å². The second-order valence-electron chi connectivity index (χ2n) is 4.63. The molecule has 1 N–H and O–H groups in total. The van der Waals surface area contributed by atoms with Crippen LogP contribution in [0.1, 0.15) is 57.4 Å². The van der Waals surface area contributed by atoms with Crippen LogP contribution in [0.4, 0.5) is 0 Å².